The molecule has 0 saturated carbocycles. The number of rotatable bonds is 8. The van der Waals surface area contributed by atoms with Crippen molar-refractivity contribution in [1.82, 2.24) is 10.6 Å². The lowest BCUT2D eigenvalue weighted by atomic mass is 10.0. The van der Waals surface area contributed by atoms with E-state index in [0.717, 1.165) is 0 Å². The molecule has 1 unspecified atom stereocenters. The zero-order valence-electron chi connectivity index (χ0n) is 16.2. The molecule has 0 fully saturated rings. The van der Waals surface area contributed by atoms with Gasteiger partial charge in [0.15, 0.2) is 0 Å². The molecule has 152 valence electrons. The smallest absolute Gasteiger partial charge is 0.326 e. The van der Waals surface area contributed by atoms with Gasteiger partial charge in [-0.15, -0.1) is 0 Å². The van der Waals surface area contributed by atoms with Crippen LogP contribution in [-0.4, -0.2) is 28.9 Å². The minimum absolute atomic E-state index is 0.0591. The van der Waals surface area contributed by atoms with Gasteiger partial charge in [-0.1, -0.05) is 55.8 Å². The molecule has 0 aliphatic rings. The third-order valence-corrected chi connectivity index (χ3v) is 4.27. The first-order valence-corrected chi connectivity index (χ1v) is 9.51. The fraction of sp³-hybridized carbons (Fsp3) is 0.227. The summed E-state index contributed by atoms with van der Waals surface area (Å²) in [6.45, 7) is 3.73. The number of carbonyl (C=O) groups excluding carboxylic acids is 2. The molecule has 0 aliphatic carbocycles. The Morgan fingerprint density at radius 3 is 2.21 bits per heavy atom. The Morgan fingerprint density at radius 1 is 1.03 bits per heavy atom. The number of hydrogen-bond donors (Lipinski definition) is 3. The average Bonchev–Trinajstić information content (AvgIpc) is 2.68. The molecule has 2 rings (SSSR count). The van der Waals surface area contributed by atoms with Crippen LogP contribution in [0.15, 0.2) is 60.3 Å². The summed E-state index contributed by atoms with van der Waals surface area (Å²) in [6.07, 6.45) is 1.74. The highest BCUT2D eigenvalue weighted by Crippen LogP contribution is 2.13. The van der Waals surface area contributed by atoms with Crippen LogP contribution < -0.4 is 10.6 Å². The second-order valence-electron chi connectivity index (χ2n) is 6.92. The SMILES string of the molecule is CC(C)CC(NC(=O)C(=Cc1ccc(Cl)cc1)NC(=O)c1ccccc1)C(=O)O. The van der Waals surface area contributed by atoms with Crippen molar-refractivity contribution >= 4 is 35.5 Å². The number of nitrogens with one attached hydrogen (secondary N) is 2. The molecule has 1 atom stereocenters. The minimum Gasteiger partial charge on any atom is -0.480 e. The highest BCUT2D eigenvalue weighted by Gasteiger charge is 2.24. The summed E-state index contributed by atoms with van der Waals surface area (Å²) in [5.74, 6) is -2.22. The van der Waals surface area contributed by atoms with Gasteiger partial charge in [0.2, 0.25) is 0 Å². The Hall–Kier alpha value is -3.12. The van der Waals surface area contributed by atoms with Gasteiger partial charge in [0.25, 0.3) is 11.8 Å². The largest absolute Gasteiger partial charge is 0.480 e. The molecule has 29 heavy (non-hydrogen) atoms. The first-order chi connectivity index (χ1) is 13.8. The number of hydrogen-bond acceptors (Lipinski definition) is 3. The van der Waals surface area contributed by atoms with Crippen molar-refractivity contribution in [3.8, 4) is 0 Å². The van der Waals surface area contributed by atoms with Crippen LogP contribution in [0.4, 0.5) is 0 Å². The van der Waals surface area contributed by atoms with E-state index in [9.17, 15) is 19.5 Å². The van der Waals surface area contributed by atoms with E-state index in [-0.39, 0.29) is 18.0 Å². The summed E-state index contributed by atoms with van der Waals surface area (Å²) in [6, 6.07) is 14.0. The number of aliphatic carboxylic acids is 1. The topological polar surface area (TPSA) is 95.5 Å². The predicted octanol–water partition coefficient (Wildman–Crippen LogP) is 3.73. The fourth-order valence-electron chi connectivity index (χ4n) is 2.60. The van der Waals surface area contributed by atoms with E-state index < -0.39 is 23.8 Å². The third-order valence-electron chi connectivity index (χ3n) is 4.02. The third kappa shape index (κ3) is 7.08. The van der Waals surface area contributed by atoms with Crippen molar-refractivity contribution < 1.29 is 19.5 Å². The van der Waals surface area contributed by atoms with Crippen molar-refractivity contribution in [2.45, 2.75) is 26.3 Å². The lowest BCUT2D eigenvalue weighted by Crippen LogP contribution is -2.45. The van der Waals surface area contributed by atoms with E-state index in [4.69, 9.17) is 11.6 Å². The van der Waals surface area contributed by atoms with Crippen LogP contribution in [0.2, 0.25) is 5.02 Å². The Balaban J connectivity index is 2.30. The minimum atomic E-state index is -1.13. The Morgan fingerprint density at radius 2 is 1.66 bits per heavy atom. The van der Waals surface area contributed by atoms with Gasteiger partial charge in [-0.2, -0.15) is 0 Å². The molecule has 2 amide bonds. The number of halogens is 1. The van der Waals surface area contributed by atoms with E-state index in [1.165, 1.54) is 6.08 Å². The lowest BCUT2D eigenvalue weighted by Gasteiger charge is -2.18. The molecular weight excluding hydrogens is 392 g/mol. The Bertz CT molecular complexity index is 893. The number of carbonyl (C=O) groups is 3. The molecule has 0 spiro atoms. The molecule has 6 nitrogen and oxygen atoms in total. The highest BCUT2D eigenvalue weighted by atomic mass is 35.5. The maximum Gasteiger partial charge on any atom is 0.326 e. The summed E-state index contributed by atoms with van der Waals surface area (Å²) < 4.78 is 0. The van der Waals surface area contributed by atoms with Crippen LogP contribution in [0.3, 0.4) is 0 Å². The van der Waals surface area contributed by atoms with Crippen LogP contribution in [0.1, 0.15) is 36.2 Å². The number of benzene rings is 2. The summed E-state index contributed by atoms with van der Waals surface area (Å²) in [5.41, 5.74) is 0.944. The zero-order valence-corrected chi connectivity index (χ0v) is 16.9. The normalized spacial score (nSPS) is 12.3. The quantitative estimate of drug-likeness (QED) is 0.573. The first kappa shape index (κ1) is 22.2. The van der Waals surface area contributed by atoms with Crippen LogP contribution in [0, 0.1) is 5.92 Å². The van der Waals surface area contributed by atoms with Gasteiger partial charge in [-0.05, 0) is 48.2 Å². The molecule has 0 saturated heterocycles. The molecule has 7 heteroatoms. The molecule has 0 aliphatic heterocycles. The van der Waals surface area contributed by atoms with Gasteiger partial charge in [-0.25, -0.2) is 4.79 Å². The Kier molecular flexibility index (Phi) is 7.98. The fourth-order valence-corrected chi connectivity index (χ4v) is 2.72. The summed E-state index contributed by atoms with van der Waals surface area (Å²) in [5, 5.41) is 15.0. The Labute approximate surface area is 174 Å². The van der Waals surface area contributed by atoms with Crippen molar-refractivity contribution in [3.05, 3.63) is 76.4 Å². The van der Waals surface area contributed by atoms with E-state index in [1.807, 2.05) is 13.8 Å². The monoisotopic (exact) mass is 414 g/mol. The highest BCUT2D eigenvalue weighted by molar-refractivity contribution is 6.30. The van der Waals surface area contributed by atoms with Crippen LogP contribution in [0.5, 0.6) is 0 Å². The van der Waals surface area contributed by atoms with Crippen LogP contribution in [-0.2, 0) is 9.59 Å². The molecule has 2 aromatic rings. The van der Waals surface area contributed by atoms with Crippen molar-refractivity contribution in [1.29, 1.82) is 0 Å². The van der Waals surface area contributed by atoms with Crippen molar-refractivity contribution in [2.75, 3.05) is 0 Å². The first-order valence-electron chi connectivity index (χ1n) is 9.13. The zero-order chi connectivity index (χ0) is 21.4. The maximum absolute atomic E-state index is 12.8. The van der Waals surface area contributed by atoms with Gasteiger partial charge in [0.1, 0.15) is 11.7 Å². The lowest BCUT2D eigenvalue weighted by molar-refractivity contribution is -0.141. The van der Waals surface area contributed by atoms with E-state index in [0.29, 0.717) is 16.1 Å². The van der Waals surface area contributed by atoms with Gasteiger partial charge in [0, 0.05) is 10.6 Å². The van der Waals surface area contributed by atoms with Gasteiger partial charge < -0.3 is 15.7 Å². The summed E-state index contributed by atoms with van der Waals surface area (Å²) >= 11 is 5.89. The number of amides is 2. The number of carboxylic acid groups (broad SMARTS) is 1. The molecular formula is C22H23ClN2O4. The van der Waals surface area contributed by atoms with Crippen LogP contribution in [0.25, 0.3) is 6.08 Å². The van der Waals surface area contributed by atoms with Crippen LogP contribution >= 0.6 is 11.6 Å². The molecule has 0 bridgehead atoms. The predicted molar refractivity (Wildman–Crippen MR) is 112 cm³/mol. The van der Waals surface area contributed by atoms with E-state index >= 15 is 0 Å². The van der Waals surface area contributed by atoms with E-state index in [1.54, 1.807) is 54.6 Å². The van der Waals surface area contributed by atoms with Gasteiger partial charge in [-0.3, -0.25) is 9.59 Å². The summed E-state index contributed by atoms with van der Waals surface area (Å²) in [7, 11) is 0. The summed E-state index contributed by atoms with van der Waals surface area (Å²) in [4.78, 5) is 36.8. The average molecular weight is 415 g/mol. The second-order valence-corrected chi connectivity index (χ2v) is 7.36. The standard InChI is InChI=1S/C22H23ClN2O4/c1-14(2)12-19(22(28)29)25-21(27)18(13-15-8-10-17(23)11-9-15)24-20(26)16-6-4-3-5-7-16/h3-11,13-14,19H,12H2,1-2H3,(H,24,26)(H,25,27)(H,28,29). The molecule has 3 N–H and O–H groups in total. The van der Waals surface area contributed by atoms with E-state index in [2.05, 4.69) is 10.6 Å². The maximum atomic E-state index is 12.8. The molecule has 0 radical (unpaired) electrons. The molecule has 0 aromatic heterocycles. The van der Waals surface area contributed by atoms with Gasteiger partial charge >= 0.3 is 5.97 Å². The second kappa shape index (κ2) is 10.4. The van der Waals surface area contributed by atoms with Crippen molar-refractivity contribution in [3.63, 3.8) is 0 Å². The molecule has 2 aromatic carbocycles. The van der Waals surface area contributed by atoms with Crippen molar-refractivity contribution in [2.24, 2.45) is 5.92 Å². The number of carboxylic acids is 1. The van der Waals surface area contributed by atoms with Gasteiger partial charge in [0.05, 0.1) is 0 Å². The molecule has 0 heterocycles.